The maximum Gasteiger partial charge on any atom is 0.433 e. The van der Waals surface area contributed by atoms with Gasteiger partial charge in [-0.2, -0.15) is 18.3 Å². The summed E-state index contributed by atoms with van der Waals surface area (Å²) in [5.41, 5.74) is -0.853. The fourth-order valence-electron chi connectivity index (χ4n) is 2.57. The van der Waals surface area contributed by atoms with Gasteiger partial charge in [0.05, 0.1) is 11.9 Å². The first-order valence-corrected chi connectivity index (χ1v) is 7.76. The number of piperazine rings is 1. The second-order valence-corrected chi connectivity index (χ2v) is 5.88. The Bertz CT molecular complexity index is 832. The van der Waals surface area contributed by atoms with Gasteiger partial charge in [0.15, 0.2) is 0 Å². The minimum atomic E-state index is -4.51. The fraction of sp³-hybridized carbons (Fsp3) is 0.429. The molecule has 0 atom stereocenters. The van der Waals surface area contributed by atoms with E-state index in [-0.39, 0.29) is 10.8 Å². The van der Waals surface area contributed by atoms with Crippen molar-refractivity contribution < 1.29 is 13.2 Å². The zero-order valence-electron chi connectivity index (χ0n) is 13.2. The topological polar surface area (TPSA) is 67.2 Å². The van der Waals surface area contributed by atoms with E-state index < -0.39 is 17.4 Å². The van der Waals surface area contributed by atoms with Gasteiger partial charge in [0, 0.05) is 39.3 Å². The average Bonchev–Trinajstić information content (AvgIpc) is 2.59. The van der Waals surface area contributed by atoms with Crippen LogP contribution in [-0.2, 0) is 13.2 Å². The highest BCUT2D eigenvalue weighted by Crippen LogP contribution is 2.29. The van der Waals surface area contributed by atoms with Gasteiger partial charge in [0.2, 0.25) is 0 Å². The lowest BCUT2D eigenvalue weighted by Crippen LogP contribution is -2.47. The van der Waals surface area contributed by atoms with E-state index in [4.69, 9.17) is 11.6 Å². The molecule has 1 aliphatic rings. The quantitative estimate of drug-likeness (QED) is 0.795. The van der Waals surface area contributed by atoms with Gasteiger partial charge in [-0.3, -0.25) is 4.79 Å². The third-order valence-corrected chi connectivity index (χ3v) is 4.30. The minimum Gasteiger partial charge on any atom is -0.365 e. The van der Waals surface area contributed by atoms with Crippen molar-refractivity contribution in [1.82, 2.24) is 19.7 Å². The number of rotatable bonds is 2. The molecule has 11 heteroatoms. The van der Waals surface area contributed by atoms with Gasteiger partial charge >= 0.3 is 6.18 Å². The Morgan fingerprint density at radius 1 is 1.12 bits per heavy atom. The molecule has 1 aliphatic heterocycles. The summed E-state index contributed by atoms with van der Waals surface area (Å²) >= 11 is 6.08. The Morgan fingerprint density at radius 3 is 2.40 bits per heavy atom. The van der Waals surface area contributed by atoms with E-state index in [1.54, 1.807) is 4.90 Å². The maximum absolute atomic E-state index is 12.8. The standard InChI is InChI=1S/C14H14ClF3N6O/c1-22-13(25)12(15)9(7-21-22)23-2-4-24(5-3-23)11-6-10(14(16,17)18)19-8-20-11/h6-8H,2-5H2,1H3. The molecule has 0 N–H and O–H groups in total. The average molecular weight is 375 g/mol. The number of hydrogen-bond acceptors (Lipinski definition) is 6. The highest BCUT2D eigenvalue weighted by atomic mass is 35.5. The molecule has 25 heavy (non-hydrogen) atoms. The number of anilines is 2. The molecule has 7 nitrogen and oxygen atoms in total. The van der Waals surface area contributed by atoms with E-state index >= 15 is 0 Å². The van der Waals surface area contributed by atoms with Gasteiger partial charge in [-0.1, -0.05) is 11.6 Å². The van der Waals surface area contributed by atoms with Gasteiger partial charge < -0.3 is 9.80 Å². The van der Waals surface area contributed by atoms with Crippen LogP contribution in [0.3, 0.4) is 0 Å². The van der Waals surface area contributed by atoms with Crippen LogP contribution in [0.4, 0.5) is 24.7 Å². The summed E-state index contributed by atoms with van der Waals surface area (Å²) in [6.07, 6.45) is -2.10. The monoisotopic (exact) mass is 374 g/mol. The third-order valence-electron chi connectivity index (χ3n) is 3.95. The van der Waals surface area contributed by atoms with Crippen LogP contribution in [0.2, 0.25) is 5.02 Å². The minimum absolute atomic E-state index is 0.0762. The van der Waals surface area contributed by atoms with E-state index in [9.17, 15) is 18.0 Å². The molecule has 1 fully saturated rings. The molecule has 0 spiro atoms. The smallest absolute Gasteiger partial charge is 0.365 e. The molecule has 0 aliphatic carbocycles. The molecule has 0 radical (unpaired) electrons. The summed E-state index contributed by atoms with van der Waals surface area (Å²) in [4.78, 5) is 22.6. The number of aryl methyl sites for hydroxylation is 1. The van der Waals surface area contributed by atoms with Crippen molar-refractivity contribution in [3.05, 3.63) is 39.7 Å². The van der Waals surface area contributed by atoms with Gasteiger partial charge in [-0.15, -0.1) is 0 Å². The lowest BCUT2D eigenvalue weighted by atomic mass is 10.2. The molecule has 0 saturated carbocycles. The molecule has 3 heterocycles. The normalized spacial score (nSPS) is 15.6. The second kappa shape index (κ2) is 6.51. The van der Waals surface area contributed by atoms with Crippen LogP contribution in [0.15, 0.2) is 23.4 Å². The second-order valence-electron chi connectivity index (χ2n) is 5.51. The molecule has 0 bridgehead atoms. The largest absolute Gasteiger partial charge is 0.433 e. The molecule has 0 amide bonds. The summed E-state index contributed by atoms with van der Waals surface area (Å²) in [5, 5.41) is 4.03. The van der Waals surface area contributed by atoms with Crippen LogP contribution in [0.25, 0.3) is 0 Å². The number of hydrogen-bond donors (Lipinski definition) is 0. The molecular weight excluding hydrogens is 361 g/mol. The van der Waals surface area contributed by atoms with E-state index in [1.807, 2.05) is 4.90 Å². The zero-order valence-corrected chi connectivity index (χ0v) is 13.9. The van der Waals surface area contributed by atoms with Crippen molar-refractivity contribution in [2.45, 2.75) is 6.18 Å². The van der Waals surface area contributed by atoms with E-state index in [0.717, 1.165) is 17.1 Å². The van der Waals surface area contributed by atoms with Crippen LogP contribution in [0.5, 0.6) is 0 Å². The number of halogens is 4. The van der Waals surface area contributed by atoms with Crippen molar-refractivity contribution in [1.29, 1.82) is 0 Å². The summed E-state index contributed by atoms with van der Waals surface area (Å²) in [6.45, 7) is 1.81. The summed E-state index contributed by atoms with van der Waals surface area (Å²) in [5.74, 6) is 0.218. The first-order valence-electron chi connectivity index (χ1n) is 7.38. The Hall–Kier alpha value is -2.36. The summed E-state index contributed by atoms with van der Waals surface area (Å²) < 4.78 is 39.4. The van der Waals surface area contributed by atoms with Gasteiger partial charge in [0.25, 0.3) is 5.56 Å². The lowest BCUT2D eigenvalue weighted by Gasteiger charge is -2.36. The molecule has 134 valence electrons. The Balaban J connectivity index is 1.75. The van der Waals surface area contributed by atoms with Crippen LogP contribution in [0, 0.1) is 0 Å². The van der Waals surface area contributed by atoms with E-state index in [0.29, 0.717) is 31.9 Å². The highest BCUT2D eigenvalue weighted by molar-refractivity contribution is 6.33. The van der Waals surface area contributed by atoms with Crippen LogP contribution in [-0.4, -0.2) is 45.9 Å². The van der Waals surface area contributed by atoms with Crippen LogP contribution in [0.1, 0.15) is 5.69 Å². The SMILES string of the molecule is Cn1ncc(N2CCN(c3cc(C(F)(F)F)ncn3)CC2)c(Cl)c1=O. The molecule has 0 aromatic carbocycles. The zero-order chi connectivity index (χ0) is 18.2. The molecule has 0 unspecified atom stereocenters. The molecule has 1 saturated heterocycles. The highest BCUT2D eigenvalue weighted by Gasteiger charge is 2.33. The molecule has 3 rings (SSSR count). The van der Waals surface area contributed by atoms with Crippen molar-refractivity contribution in [2.24, 2.45) is 7.05 Å². The third kappa shape index (κ3) is 3.53. The van der Waals surface area contributed by atoms with E-state index in [2.05, 4.69) is 15.1 Å². The van der Waals surface area contributed by atoms with Crippen molar-refractivity contribution in [3.63, 3.8) is 0 Å². The maximum atomic E-state index is 12.8. The van der Waals surface area contributed by atoms with Gasteiger partial charge in [0.1, 0.15) is 22.9 Å². The summed E-state index contributed by atoms with van der Waals surface area (Å²) in [7, 11) is 1.50. The number of aromatic nitrogens is 4. The van der Waals surface area contributed by atoms with Crippen LogP contribution < -0.4 is 15.4 Å². The predicted octanol–water partition coefficient (Wildman–Crippen LogP) is 1.57. The van der Waals surface area contributed by atoms with E-state index in [1.165, 1.54) is 13.2 Å². The van der Waals surface area contributed by atoms with Crippen LogP contribution >= 0.6 is 11.6 Å². The van der Waals surface area contributed by atoms with Gasteiger partial charge in [-0.25, -0.2) is 14.6 Å². The molecular formula is C14H14ClF3N6O. The Morgan fingerprint density at radius 2 is 1.76 bits per heavy atom. The summed E-state index contributed by atoms with van der Waals surface area (Å²) in [6, 6.07) is 0.933. The Labute approximate surface area is 145 Å². The first-order chi connectivity index (χ1) is 11.8. The number of alkyl halides is 3. The van der Waals surface area contributed by atoms with Crippen molar-refractivity contribution >= 4 is 23.1 Å². The first kappa shape index (κ1) is 17.5. The fourth-order valence-corrected chi connectivity index (χ4v) is 2.86. The van der Waals surface area contributed by atoms with Crippen molar-refractivity contribution in [3.8, 4) is 0 Å². The molecule has 2 aromatic rings. The number of nitrogens with zero attached hydrogens (tertiary/aromatic N) is 6. The Kier molecular flexibility index (Phi) is 4.55. The lowest BCUT2D eigenvalue weighted by molar-refractivity contribution is -0.141. The molecule has 2 aromatic heterocycles. The van der Waals surface area contributed by atoms with Gasteiger partial charge in [-0.05, 0) is 0 Å². The van der Waals surface area contributed by atoms with Crippen molar-refractivity contribution in [2.75, 3.05) is 36.0 Å². The predicted molar refractivity (Wildman–Crippen MR) is 85.9 cm³/mol.